The highest BCUT2D eigenvalue weighted by atomic mass is 16.7. The van der Waals surface area contributed by atoms with E-state index in [0.717, 1.165) is 16.3 Å². The van der Waals surface area contributed by atoms with Crippen LogP contribution in [0.2, 0.25) is 0 Å². The van der Waals surface area contributed by atoms with Crippen LogP contribution in [0.1, 0.15) is 18.9 Å². The number of ether oxygens (including phenoxy) is 3. The molecule has 126 valence electrons. The van der Waals surface area contributed by atoms with Crippen molar-refractivity contribution >= 4 is 22.9 Å². The van der Waals surface area contributed by atoms with Crippen LogP contribution < -0.4 is 10.2 Å². The van der Waals surface area contributed by atoms with Crippen molar-refractivity contribution in [1.82, 2.24) is 5.43 Å². The molecule has 1 amide bonds. The van der Waals surface area contributed by atoms with Gasteiger partial charge in [0, 0.05) is 5.56 Å². The molecule has 0 aliphatic carbocycles. The molecule has 24 heavy (non-hydrogen) atoms. The first-order valence-electron chi connectivity index (χ1n) is 7.77. The molecule has 0 atom stereocenters. The van der Waals surface area contributed by atoms with Gasteiger partial charge in [0.2, 0.25) is 5.91 Å². The third-order valence-corrected chi connectivity index (χ3v) is 3.91. The number of benzene rings is 2. The fourth-order valence-corrected chi connectivity index (χ4v) is 2.75. The van der Waals surface area contributed by atoms with Gasteiger partial charge in [0.1, 0.15) is 5.75 Å². The van der Waals surface area contributed by atoms with Gasteiger partial charge >= 0.3 is 0 Å². The van der Waals surface area contributed by atoms with Gasteiger partial charge in [-0.15, -0.1) is 0 Å². The molecule has 0 aromatic heterocycles. The summed E-state index contributed by atoms with van der Waals surface area (Å²) in [5, 5.41) is 6.14. The maximum Gasteiger partial charge on any atom is 0.245 e. The third-order valence-electron chi connectivity index (χ3n) is 3.91. The predicted octanol–water partition coefficient (Wildman–Crippen LogP) is 2.45. The van der Waals surface area contributed by atoms with Crippen LogP contribution in [0.5, 0.6) is 5.75 Å². The number of carbonyl (C=O) groups excluding carboxylic acids is 1. The minimum atomic E-state index is -0.864. The molecule has 3 rings (SSSR count). The molecule has 6 heteroatoms. The van der Waals surface area contributed by atoms with Crippen LogP contribution in [0.3, 0.4) is 0 Å². The smallest absolute Gasteiger partial charge is 0.245 e. The summed E-state index contributed by atoms with van der Waals surface area (Å²) in [5.41, 5.74) is 3.33. The Hall–Kier alpha value is -2.44. The van der Waals surface area contributed by atoms with Crippen molar-refractivity contribution in [3.8, 4) is 5.75 Å². The minimum Gasteiger partial charge on any atom is -0.496 e. The standard InChI is InChI=1S/C18H20N2O4/c1-18(23-9-10-24-18)11-17(21)20-19-12-15-14-6-4-3-5-13(14)7-8-16(15)22-2/h3-8,12H,9-11H2,1-2H3,(H,20,21)/b19-12-. The highest BCUT2D eigenvalue weighted by Crippen LogP contribution is 2.26. The zero-order valence-corrected chi connectivity index (χ0v) is 13.7. The lowest BCUT2D eigenvalue weighted by atomic mass is 10.0. The second-order valence-corrected chi connectivity index (χ2v) is 5.70. The summed E-state index contributed by atoms with van der Waals surface area (Å²) in [7, 11) is 1.61. The molecular weight excluding hydrogens is 308 g/mol. The van der Waals surface area contributed by atoms with E-state index in [1.165, 1.54) is 0 Å². The Morgan fingerprint density at radius 3 is 2.79 bits per heavy atom. The SMILES string of the molecule is COc1ccc2ccccc2c1/C=N\NC(=O)CC1(C)OCCO1. The maximum atomic E-state index is 12.0. The van der Waals surface area contributed by atoms with E-state index >= 15 is 0 Å². The molecule has 1 N–H and O–H groups in total. The number of rotatable bonds is 5. The average Bonchev–Trinajstić information content (AvgIpc) is 3.01. The molecule has 0 bridgehead atoms. The van der Waals surface area contributed by atoms with E-state index in [4.69, 9.17) is 14.2 Å². The molecule has 0 saturated carbocycles. The first kappa shape index (κ1) is 16.4. The zero-order chi connectivity index (χ0) is 17.0. The van der Waals surface area contributed by atoms with Crippen molar-refractivity contribution in [1.29, 1.82) is 0 Å². The topological polar surface area (TPSA) is 69.2 Å². The number of carbonyl (C=O) groups is 1. The van der Waals surface area contributed by atoms with Gasteiger partial charge in [0.15, 0.2) is 5.79 Å². The molecular formula is C18H20N2O4. The second-order valence-electron chi connectivity index (χ2n) is 5.70. The van der Waals surface area contributed by atoms with Crippen molar-refractivity contribution in [2.75, 3.05) is 20.3 Å². The second kappa shape index (κ2) is 6.98. The van der Waals surface area contributed by atoms with E-state index in [-0.39, 0.29) is 12.3 Å². The van der Waals surface area contributed by atoms with Crippen molar-refractivity contribution < 1.29 is 19.0 Å². The van der Waals surface area contributed by atoms with Crippen LogP contribution in [0, 0.1) is 0 Å². The summed E-state index contributed by atoms with van der Waals surface area (Å²) < 4.78 is 16.2. The average molecular weight is 328 g/mol. The number of nitrogens with one attached hydrogen (secondary N) is 1. The lowest BCUT2D eigenvalue weighted by Crippen LogP contribution is -2.33. The summed E-state index contributed by atoms with van der Waals surface area (Å²) in [6.45, 7) is 2.75. The van der Waals surface area contributed by atoms with Gasteiger partial charge < -0.3 is 14.2 Å². The molecule has 1 heterocycles. The number of hydrogen-bond donors (Lipinski definition) is 1. The summed E-state index contributed by atoms with van der Waals surface area (Å²) in [6.07, 6.45) is 1.69. The molecule has 2 aromatic carbocycles. The molecule has 0 unspecified atom stereocenters. The number of methoxy groups -OCH3 is 1. The van der Waals surface area contributed by atoms with Crippen molar-refractivity contribution in [3.05, 3.63) is 42.0 Å². The lowest BCUT2D eigenvalue weighted by Gasteiger charge is -2.20. The monoisotopic (exact) mass is 328 g/mol. The van der Waals surface area contributed by atoms with Crippen LogP contribution in [0.15, 0.2) is 41.5 Å². The number of hydrogen-bond acceptors (Lipinski definition) is 5. The Labute approximate surface area is 140 Å². The summed E-state index contributed by atoms with van der Waals surface area (Å²) in [5.74, 6) is -0.438. The van der Waals surface area contributed by atoms with Crippen LogP contribution in [-0.2, 0) is 14.3 Å². The molecule has 1 saturated heterocycles. The van der Waals surface area contributed by atoms with Crippen LogP contribution in [0.4, 0.5) is 0 Å². The third kappa shape index (κ3) is 3.55. The number of amides is 1. The molecule has 0 radical (unpaired) electrons. The molecule has 0 spiro atoms. The fourth-order valence-electron chi connectivity index (χ4n) is 2.75. The molecule has 1 aliphatic rings. The predicted molar refractivity (Wildman–Crippen MR) is 91.2 cm³/mol. The van der Waals surface area contributed by atoms with Crippen molar-refractivity contribution in [3.63, 3.8) is 0 Å². The maximum absolute atomic E-state index is 12.0. The van der Waals surface area contributed by atoms with E-state index in [2.05, 4.69) is 10.5 Å². The van der Waals surface area contributed by atoms with Gasteiger partial charge in [0.05, 0.1) is 33.0 Å². The highest BCUT2D eigenvalue weighted by molar-refractivity contribution is 6.02. The van der Waals surface area contributed by atoms with Crippen LogP contribution in [0.25, 0.3) is 10.8 Å². The van der Waals surface area contributed by atoms with Gasteiger partial charge in [-0.2, -0.15) is 5.10 Å². The van der Waals surface area contributed by atoms with E-state index < -0.39 is 5.79 Å². The largest absolute Gasteiger partial charge is 0.496 e. The number of nitrogens with zero attached hydrogens (tertiary/aromatic N) is 1. The van der Waals surface area contributed by atoms with E-state index in [1.54, 1.807) is 20.2 Å². The summed E-state index contributed by atoms with van der Waals surface area (Å²) in [6, 6.07) is 11.8. The van der Waals surface area contributed by atoms with Gasteiger partial charge in [-0.3, -0.25) is 4.79 Å². The molecule has 1 aliphatic heterocycles. The minimum absolute atomic E-state index is 0.0943. The first-order valence-corrected chi connectivity index (χ1v) is 7.77. The first-order chi connectivity index (χ1) is 11.6. The molecule has 1 fully saturated rings. The van der Waals surface area contributed by atoms with Crippen LogP contribution in [-0.4, -0.2) is 38.2 Å². The van der Waals surface area contributed by atoms with E-state index in [9.17, 15) is 4.79 Å². The van der Waals surface area contributed by atoms with Gasteiger partial charge in [0.25, 0.3) is 0 Å². The Morgan fingerprint density at radius 2 is 2.04 bits per heavy atom. The zero-order valence-electron chi connectivity index (χ0n) is 13.7. The van der Waals surface area contributed by atoms with Crippen molar-refractivity contribution in [2.45, 2.75) is 19.1 Å². The van der Waals surface area contributed by atoms with Gasteiger partial charge in [-0.1, -0.05) is 30.3 Å². The Bertz CT molecular complexity index is 767. The van der Waals surface area contributed by atoms with Crippen LogP contribution >= 0.6 is 0 Å². The Morgan fingerprint density at radius 1 is 1.29 bits per heavy atom. The van der Waals surface area contributed by atoms with Crippen molar-refractivity contribution in [2.24, 2.45) is 5.10 Å². The van der Waals surface area contributed by atoms with Gasteiger partial charge in [-0.05, 0) is 23.8 Å². The van der Waals surface area contributed by atoms with Gasteiger partial charge in [-0.25, -0.2) is 5.43 Å². The highest BCUT2D eigenvalue weighted by Gasteiger charge is 2.33. The number of fused-ring (bicyclic) bond motifs is 1. The summed E-state index contributed by atoms with van der Waals surface area (Å²) >= 11 is 0. The quantitative estimate of drug-likeness (QED) is 0.676. The van der Waals surface area contributed by atoms with E-state index in [1.807, 2.05) is 36.4 Å². The van der Waals surface area contributed by atoms with E-state index in [0.29, 0.717) is 19.0 Å². The summed E-state index contributed by atoms with van der Waals surface area (Å²) in [4.78, 5) is 12.0. The number of hydrazone groups is 1. The normalized spacial score (nSPS) is 16.6. The molecule has 6 nitrogen and oxygen atoms in total. The molecule has 2 aromatic rings. The fraction of sp³-hybridized carbons (Fsp3) is 0.333. The Kier molecular flexibility index (Phi) is 4.78. The Balaban J connectivity index is 1.74. The lowest BCUT2D eigenvalue weighted by molar-refractivity contribution is -0.159.